The molecule has 2 atom stereocenters. The smallest absolute Gasteiger partial charge is 0.301 e. The molecule has 1 N–H and O–H groups in total. The Balaban J connectivity index is 1.40. The average Bonchev–Trinajstić information content (AvgIpc) is 3.75. The molecule has 1 saturated heterocycles. The first-order valence-electron chi connectivity index (χ1n) is 15.3. The van der Waals surface area contributed by atoms with E-state index in [4.69, 9.17) is 14.2 Å². The molecule has 2 unspecified atom stereocenters. The summed E-state index contributed by atoms with van der Waals surface area (Å²) in [6.45, 7) is 6.67. The van der Waals surface area contributed by atoms with Gasteiger partial charge in [0.15, 0.2) is 15.8 Å². The van der Waals surface area contributed by atoms with Crippen LogP contribution < -0.4 is 19.1 Å². The number of aliphatic hydroxyl groups excluding tert-OH is 1. The summed E-state index contributed by atoms with van der Waals surface area (Å²) in [5, 5.41) is 20.4. The van der Waals surface area contributed by atoms with Gasteiger partial charge in [-0.15, -0.1) is 10.2 Å². The number of hydrogen-bond donors (Lipinski definition) is 1. The quantitative estimate of drug-likeness (QED) is 0.0574. The van der Waals surface area contributed by atoms with E-state index < -0.39 is 17.7 Å². The maximum Gasteiger partial charge on any atom is 0.301 e. The number of carbonyl (C=O) groups excluding carboxylic acids is 2. The van der Waals surface area contributed by atoms with E-state index in [1.54, 1.807) is 54.6 Å². The molecule has 0 saturated carbocycles. The van der Waals surface area contributed by atoms with Gasteiger partial charge in [-0.25, -0.2) is 4.39 Å². The van der Waals surface area contributed by atoms with Crippen LogP contribution in [0, 0.1) is 11.7 Å². The molecule has 4 aromatic rings. The summed E-state index contributed by atoms with van der Waals surface area (Å²) in [6, 6.07) is 15.8. The van der Waals surface area contributed by atoms with Crippen LogP contribution in [0.4, 0.5) is 9.52 Å². The number of halogens is 1. The Kier molecular flexibility index (Phi) is 9.51. The minimum absolute atomic E-state index is 0.00966. The third-order valence-corrected chi connectivity index (χ3v) is 10.1. The number of rotatable bonds is 11. The molecule has 0 radical (unpaired) electrons. The number of methoxy groups -OCH3 is 1. The van der Waals surface area contributed by atoms with Crippen molar-refractivity contribution in [1.82, 2.24) is 10.2 Å². The zero-order valence-electron chi connectivity index (χ0n) is 26.4. The standard InChI is InChI=1S/C35H34FN3O6S2/c1-19(2)13-14-44-27-12-9-21(17-28(27)43-4)30-29(31(40)22-10-11-26-24(16-22)15-20(3)45-26)32(41)33(42)39(30)34-37-38-35(47-34)46-18-23-7-5-6-8-25(23)36/h5-12,16-17,19-20,30,40H,13-15,18H2,1-4H3/b31-29+. The molecule has 2 aliphatic rings. The van der Waals surface area contributed by atoms with Gasteiger partial charge in [0.25, 0.3) is 5.78 Å². The fourth-order valence-electron chi connectivity index (χ4n) is 5.56. The lowest BCUT2D eigenvalue weighted by Gasteiger charge is -2.23. The Hall–Kier alpha value is -4.42. The van der Waals surface area contributed by atoms with Crippen LogP contribution in [0.3, 0.4) is 0 Å². The first-order valence-corrected chi connectivity index (χ1v) is 17.1. The number of aromatic nitrogens is 2. The third kappa shape index (κ3) is 6.70. The highest BCUT2D eigenvalue weighted by Gasteiger charge is 2.48. The van der Waals surface area contributed by atoms with Gasteiger partial charge in [0.2, 0.25) is 5.13 Å². The molecule has 6 rings (SSSR count). The minimum atomic E-state index is -1.05. The second-order valence-corrected chi connectivity index (χ2v) is 14.0. The van der Waals surface area contributed by atoms with Gasteiger partial charge >= 0.3 is 5.91 Å². The molecule has 47 heavy (non-hydrogen) atoms. The van der Waals surface area contributed by atoms with Gasteiger partial charge in [0.1, 0.15) is 23.4 Å². The average molecular weight is 676 g/mol. The van der Waals surface area contributed by atoms with E-state index in [0.29, 0.717) is 57.2 Å². The predicted octanol–water partition coefficient (Wildman–Crippen LogP) is 7.35. The number of fused-ring (bicyclic) bond motifs is 1. The lowest BCUT2D eigenvalue weighted by molar-refractivity contribution is -0.132. The van der Waals surface area contributed by atoms with Gasteiger partial charge in [-0.1, -0.05) is 61.2 Å². The van der Waals surface area contributed by atoms with Crippen LogP contribution in [0.15, 0.2) is 70.6 Å². The molecular weight excluding hydrogens is 642 g/mol. The number of amides is 1. The predicted molar refractivity (Wildman–Crippen MR) is 179 cm³/mol. The molecule has 0 aliphatic carbocycles. The zero-order chi connectivity index (χ0) is 33.2. The Morgan fingerprint density at radius 1 is 1.13 bits per heavy atom. The summed E-state index contributed by atoms with van der Waals surface area (Å²) in [6.07, 6.45) is 1.50. The number of aliphatic hydroxyl groups is 1. The van der Waals surface area contributed by atoms with E-state index in [2.05, 4.69) is 24.0 Å². The van der Waals surface area contributed by atoms with Gasteiger partial charge < -0.3 is 19.3 Å². The first kappa shape index (κ1) is 32.5. The Morgan fingerprint density at radius 3 is 2.70 bits per heavy atom. The van der Waals surface area contributed by atoms with E-state index in [-0.39, 0.29) is 28.4 Å². The van der Waals surface area contributed by atoms with Crippen LogP contribution in [0.5, 0.6) is 17.2 Å². The number of nitrogens with zero attached hydrogens (tertiary/aromatic N) is 3. The fourth-order valence-corrected chi connectivity index (χ4v) is 7.42. The second-order valence-electron chi connectivity index (χ2n) is 11.8. The molecule has 2 aliphatic heterocycles. The van der Waals surface area contributed by atoms with E-state index in [9.17, 15) is 19.1 Å². The Labute approximate surface area is 280 Å². The van der Waals surface area contributed by atoms with Crippen molar-refractivity contribution >= 4 is 45.7 Å². The maximum absolute atomic E-state index is 14.2. The molecule has 1 aromatic heterocycles. The number of ether oxygens (including phenoxy) is 3. The summed E-state index contributed by atoms with van der Waals surface area (Å²) in [5.74, 6) is 0.0654. The highest BCUT2D eigenvalue weighted by Crippen LogP contribution is 2.46. The number of benzene rings is 3. The van der Waals surface area contributed by atoms with Gasteiger partial charge in [-0.3, -0.25) is 14.5 Å². The molecule has 0 bridgehead atoms. The molecule has 1 fully saturated rings. The van der Waals surface area contributed by atoms with Gasteiger partial charge in [0, 0.05) is 17.7 Å². The number of Topliss-reactive ketones (excluding diaryl/α,β-unsaturated/α-hetero) is 1. The Bertz CT molecular complexity index is 1860. The van der Waals surface area contributed by atoms with E-state index >= 15 is 0 Å². The molecular formula is C35H34FN3O6S2. The van der Waals surface area contributed by atoms with Crippen molar-refractivity contribution in [1.29, 1.82) is 0 Å². The van der Waals surface area contributed by atoms with Crippen molar-refractivity contribution in [2.75, 3.05) is 18.6 Å². The molecule has 3 heterocycles. The number of anilines is 1. The largest absolute Gasteiger partial charge is 0.507 e. The monoisotopic (exact) mass is 675 g/mol. The van der Waals surface area contributed by atoms with Gasteiger partial charge in [-0.05, 0) is 72.4 Å². The number of thioether (sulfide) groups is 1. The molecule has 1 amide bonds. The summed E-state index contributed by atoms with van der Waals surface area (Å²) in [5.41, 5.74) is 2.22. The Morgan fingerprint density at radius 2 is 1.94 bits per heavy atom. The summed E-state index contributed by atoms with van der Waals surface area (Å²) < 4.78 is 32.2. The molecule has 12 heteroatoms. The summed E-state index contributed by atoms with van der Waals surface area (Å²) in [7, 11) is 1.52. The number of ketones is 1. The maximum atomic E-state index is 14.2. The summed E-state index contributed by atoms with van der Waals surface area (Å²) in [4.78, 5) is 28.8. The first-order chi connectivity index (χ1) is 22.6. The highest BCUT2D eigenvalue weighted by molar-refractivity contribution is 8.00. The van der Waals surface area contributed by atoms with Crippen molar-refractivity contribution in [3.05, 3.63) is 94.3 Å². The lowest BCUT2D eigenvalue weighted by atomic mass is 9.94. The second kappa shape index (κ2) is 13.7. The fraction of sp³-hybridized carbons (Fsp3) is 0.314. The molecule has 244 valence electrons. The summed E-state index contributed by atoms with van der Waals surface area (Å²) >= 11 is 2.38. The van der Waals surface area contributed by atoms with Crippen LogP contribution in [0.25, 0.3) is 5.76 Å². The normalized spacial score (nSPS) is 18.5. The number of hydrogen-bond acceptors (Lipinski definition) is 10. The molecule has 3 aromatic carbocycles. The third-order valence-electron chi connectivity index (χ3n) is 7.98. The van der Waals surface area contributed by atoms with Crippen LogP contribution in [0.2, 0.25) is 0 Å². The van der Waals surface area contributed by atoms with Crippen LogP contribution in [-0.2, 0) is 21.8 Å². The van der Waals surface area contributed by atoms with Crippen molar-refractivity contribution in [2.45, 2.75) is 55.9 Å². The van der Waals surface area contributed by atoms with Crippen molar-refractivity contribution < 1.29 is 33.3 Å². The van der Waals surface area contributed by atoms with Crippen molar-refractivity contribution in [3.8, 4) is 17.2 Å². The minimum Gasteiger partial charge on any atom is -0.507 e. The van der Waals surface area contributed by atoms with Crippen LogP contribution in [-0.4, -0.2) is 46.8 Å². The van der Waals surface area contributed by atoms with Crippen LogP contribution >= 0.6 is 23.1 Å². The highest BCUT2D eigenvalue weighted by atomic mass is 32.2. The number of carbonyl (C=O) groups is 2. The van der Waals surface area contributed by atoms with Gasteiger partial charge in [-0.2, -0.15) is 0 Å². The van der Waals surface area contributed by atoms with E-state index in [1.807, 2.05) is 6.92 Å². The van der Waals surface area contributed by atoms with Crippen molar-refractivity contribution in [2.24, 2.45) is 5.92 Å². The van der Waals surface area contributed by atoms with Crippen molar-refractivity contribution in [3.63, 3.8) is 0 Å². The molecule has 9 nitrogen and oxygen atoms in total. The zero-order valence-corrected chi connectivity index (χ0v) is 28.0. The van der Waals surface area contributed by atoms with E-state index in [1.165, 1.54) is 29.8 Å². The topological polar surface area (TPSA) is 111 Å². The van der Waals surface area contributed by atoms with Crippen LogP contribution in [0.1, 0.15) is 55.5 Å². The van der Waals surface area contributed by atoms with Gasteiger partial charge in [0.05, 0.1) is 25.3 Å². The van der Waals surface area contributed by atoms with E-state index in [0.717, 1.165) is 29.1 Å². The SMILES string of the molecule is COc1cc(C2/C(=C(\O)c3ccc4c(c3)CC(C)O4)C(=O)C(=O)N2c2nnc(SCc3ccccc3F)s2)ccc1OCCC(C)C. The molecule has 0 spiro atoms. The lowest BCUT2D eigenvalue weighted by Crippen LogP contribution is -2.29.